The minimum Gasteiger partial charge on any atom is -0.294 e. The largest absolute Gasteiger partial charge is 0.294 e. The quantitative estimate of drug-likeness (QED) is 0.813. The first kappa shape index (κ1) is 13.9. The molecule has 5 heteroatoms. The molecule has 0 spiro atoms. The maximum absolute atomic E-state index is 12.4. The number of rotatable bonds is 4. The Morgan fingerprint density at radius 3 is 2.79 bits per heavy atom. The highest BCUT2D eigenvalue weighted by molar-refractivity contribution is 9.10. The normalized spacial score (nSPS) is 10.7. The molecule has 0 aromatic carbocycles. The molecule has 0 saturated heterocycles. The molecule has 2 rings (SSSR count). The maximum atomic E-state index is 12.4. The van der Waals surface area contributed by atoms with Crippen LogP contribution in [0.3, 0.4) is 0 Å². The van der Waals surface area contributed by atoms with Crippen molar-refractivity contribution in [3.05, 3.63) is 45.4 Å². The third kappa shape index (κ3) is 2.76. The smallest absolute Gasteiger partial charge is 0.169 e. The standard InChI is InChI=1S/C14H16BrN3O/c1-4-10-8-16-6-5-11(10)13(19)7-12-14(15)9(2)17-18(12)3/h5-6,8H,4,7H2,1-3H3. The summed E-state index contributed by atoms with van der Waals surface area (Å²) >= 11 is 3.49. The molecule has 2 aromatic rings. The van der Waals surface area contributed by atoms with Gasteiger partial charge in [-0.3, -0.25) is 14.5 Å². The van der Waals surface area contributed by atoms with Crippen molar-refractivity contribution in [2.45, 2.75) is 26.7 Å². The zero-order valence-corrected chi connectivity index (χ0v) is 12.9. The molecule has 0 unspecified atom stereocenters. The summed E-state index contributed by atoms with van der Waals surface area (Å²) in [6.45, 7) is 3.94. The summed E-state index contributed by atoms with van der Waals surface area (Å²) in [6, 6.07) is 1.79. The number of ketones is 1. The second-order valence-corrected chi connectivity index (χ2v) is 5.25. The Kier molecular flexibility index (Phi) is 4.14. The Morgan fingerprint density at radius 2 is 2.21 bits per heavy atom. The monoisotopic (exact) mass is 321 g/mol. The molecule has 4 nitrogen and oxygen atoms in total. The van der Waals surface area contributed by atoms with E-state index in [-0.39, 0.29) is 5.78 Å². The molecule has 100 valence electrons. The lowest BCUT2D eigenvalue weighted by molar-refractivity contribution is 0.0989. The molecule has 2 aromatic heterocycles. The molecule has 2 heterocycles. The van der Waals surface area contributed by atoms with Crippen LogP contribution >= 0.6 is 15.9 Å². The van der Waals surface area contributed by atoms with Crippen LogP contribution in [-0.2, 0) is 19.9 Å². The predicted molar refractivity (Wildman–Crippen MR) is 77.3 cm³/mol. The van der Waals surface area contributed by atoms with Crippen LogP contribution in [0, 0.1) is 6.92 Å². The second-order valence-electron chi connectivity index (χ2n) is 4.46. The van der Waals surface area contributed by atoms with Crippen molar-refractivity contribution in [3.8, 4) is 0 Å². The van der Waals surface area contributed by atoms with Gasteiger partial charge in [-0.05, 0) is 40.9 Å². The number of halogens is 1. The summed E-state index contributed by atoms with van der Waals surface area (Å²) < 4.78 is 2.67. The number of hydrogen-bond donors (Lipinski definition) is 0. The van der Waals surface area contributed by atoms with Crippen molar-refractivity contribution in [2.75, 3.05) is 0 Å². The molecule has 0 N–H and O–H groups in total. The minimum absolute atomic E-state index is 0.1000. The van der Waals surface area contributed by atoms with Gasteiger partial charge in [-0.1, -0.05) is 6.92 Å². The van der Waals surface area contributed by atoms with Crippen LogP contribution in [0.2, 0.25) is 0 Å². The Bertz CT molecular complexity index is 619. The molecule has 0 fully saturated rings. The van der Waals surface area contributed by atoms with Crippen LogP contribution in [0.4, 0.5) is 0 Å². The van der Waals surface area contributed by atoms with Crippen LogP contribution in [0.5, 0.6) is 0 Å². The van der Waals surface area contributed by atoms with Crippen LogP contribution in [-0.4, -0.2) is 20.5 Å². The van der Waals surface area contributed by atoms with Gasteiger partial charge < -0.3 is 0 Å². The van der Waals surface area contributed by atoms with Crippen LogP contribution in [0.1, 0.15) is 34.2 Å². The second kappa shape index (κ2) is 5.65. The fraction of sp³-hybridized carbons (Fsp3) is 0.357. The average molecular weight is 322 g/mol. The van der Waals surface area contributed by atoms with E-state index in [1.54, 1.807) is 23.1 Å². The summed E-state index contributed by atoms with van der Waals surface area (Å²) in [7, 11) is 1.85. The third-order valence-electron chi connectivity index (χ3n) is 3.17. The molecule has 0 aliphatic carbocycles. The van der Waals surface area contributed by atoms with Crippen molar-refractivity contribution in [2.24, 2.45) is 7.05 Å². The number of hydrogen-bond acceptors (Lipinski definition) is 3. The Hall–Kier alpha value is -1.49. The number of Topliss-reactive ketones (excluding diaryl/α,β-unsaturated/α-hetero) is 1. The van der Waals surface area contributed by atoms with Crippen molar-refractivity contribution in [1.29, 1.82) is 0 Å². The number of nitrogens with zero attached hydrogens (tertiary/aromatic N) is 3. The molecule has 0 saturated carbocycles. The summed E-state index contributed by atoms with van der Waals surface area (Å²) in [5.74, 6) is 0.1000. The Labute approximate surface area is 121 Å². The van der Waals surface area contributed by atoms with Gasteiger partial charge in [0.2, 0.25) is 0 Å². The van der Waals surface area contributed by atoms with Gasteiger partial charge in [0.1, 0.15) is 0 Å². The van der Waals surface area contributed by atoms with Crippen LogP contribution in [0.25, 0.3) is 0 Å². The van der Waals surface area contributed by atoms with Gasteiger partial charge in [0.15, 0.2) is 5.78 Å². The van der Waals surface area contributed by atoms with E-state index in [0.717, 1.165) is 33.4 Å². The fourth-order valence-electron chi connectivity index (χ4n) is 2.10. The van der Waals surface area contributed by atoms with Crippen LogP contribution in [0.15, 0.2) is 22.9 Å². The number of carbonyl (C=O) groups excluding carboxylic acids is 1. The lowest BCUT2D eigenvalue weighted by atomic mass is 10.0. The fourth-order valence-corrected chi connectivity index (χ4v) is 2.58. The number of aryl methyl sites for hydroxylation is 3. The lowest BCUT2D eigenvalue weighted by Gasteiger charge is -2.07. The maximum Gasteiger partial charge on any atom is 0.169 e. The first-order valence-corrected chi connectivity index (χ1v) is 6.98. The van der Waals surface area contributed by atoms with Gasteiger partial charge >= 0.3 is 0 Å². The number of carbonyl (C=O) groups is 1. The predicted octanol–water partition coefficient (Wildman–Crippen LogP) is 2.87. The Balaban J connectivity index is 2.31. The van der Waals surface area contributed by atoms with Crippen molar-refractivity contribution in [3.63, 3.8) is 0 Å². The zero-order valence-electron chi connectivity index (χ0n) is 11.3. The molecule has 0 radical (unpaired) electrons. The van der Waals surface area contributed by atoms with Gasteiger partial charge in [-0.2, -0.15) is 5.10 Å². The molecular formula is C14H16BrN3O. The topological polar surface area (TPSA) is 47.8 Å². The van der Waals surface area contributed by atoms with E-state index in [1.165, 1.54) is 0 Å². The van der Waals surface area contributed by atoms with E-state index in [1.807, 2.05) is 20.9 Å². The molecule has 0 aliphatic rings. The molecule has 0 bridgehead atoms. The van der Waals surface area contributed by atoms with Gasteiger partial charge in [0, 0.05) is 25.0 Å². The summed E-state index contributed by atoms with van der Waals surface area (Å²) in [5.41, 5.74) is 3.54. The van der Waals surface area contributed by atoms with E-state index >= 15 is 0 Å². The van der Waals surface area contributed by atoms with Crippen LogP contribution < -0.4 is 0 Å². The Morgan fingerprint density at radius 1 is 1.47 bits per heavy atom. The summed E-state index contributed by atoms with van der Waals surface area (Å²) in [5, 5.41) is 4.31. The van der Waals surface area contributed by atoms with E-state index < -0.39 is 0 Å². The minimum atomic E-state index is 0.1000. The van der Waals surface area contributed by atoms with Gasteiger partial charge in [-0.15, -0.1) is 0 Å². The molecule has 0 aliphatic heterocycles. The van der Waals surface area contributed by atoms with Gasteiger partial charge in [0.25, 0.3) is 0 Å². The van der Waals surface area contributed by atoms with E-state index in [0.29, 0.717) is 6.42 Å². The lowest BCUT2D eigenvalue weighted by Crippen LogP contribution is -2.10. The summed E-state index contributed by atoms with van der Waals surface area (Å²) in [4.78, 5) is 16.5. The highest BCUT2D eigenvalue weighted by atomic mass is 79.9. The van der Waals surface area contributed by atoms with Crippen molar-refractivity contribution < 1.29 is 4.79 Å². The molecule has 0 atom stereocenters. The molecule has 0 amide bonds. The average Bonchev–Trinajstić information content (AvgIpc) is 2.65. The highest BCUT2D eigenvalue weighted by Gasteiger charge is 2.17. The summed E-state index contributed by atoms with van der Waals surface area (Å²) in [6.07, 6.45) is 4.57. The van der Waals surface area contributed by atoms with Gasteiger partial charge in [-0.25, -0.2) is 0 Å². The first-order chi connectivity index (χ1) is 9.04. The first-order valence-electron chi connectivity index (χ1n) is 6.18. The molecular weight excluding hydrogens is 306 g/mol. The highest BCUT2D eigenvalue weighted by Crippen LogP contribution is 2.22. The molecule has 19 heavy (non-hydrogen) atoms. The third-order valence-corrected chi connectivity index (χ3v) is 4.21. The SMILES string of the molecule is CCc1cnccc1C(=O)Cc1c(Br)c(C)nn1C. The van der Waals surface area contributed by atoms with Crippen molar-refractivity contribution in [1.82, 2.24) is 14.8 Å². The van der Waals surface area contributed by atoms with E-state index in [2.05, 4.69) is 26.0 Å². The van der Waals surface area contributed by atoms with Crippen molar-refractivity contribution >= 4 is 21.7 Å². The number of aromatic nitrogens is 3. The van der Waals surface area contributed by atoms with Gasteiger partial charge in [0.05, 0.1) is 22.3 Å². The van der Waals surface area contributed by atoms with E-state index in [4.69, 9.17) is 0 Å². The zero-order chi connectivity index (χ0) is 14.0. The number of pyridine rings is 1. The van der Waals surface area contributed by atoms with E-state index in [9.17, 15) is 4.79 Å².